The van der Waals surface area contributed by atoms with Crippen LogP contribution in [0.4, 0.5) is 0 Å². The van der Waals surface area contributed by atoms with Crippen molar-refractivity contribution < 1.29 is 9.15 Å². The number of nitrogens with zero attached hydrogens (tertiary/aromatic N) is 1. The first-order chi connectivity index (χ1) is 8.22. The number of nitrogens with two attached hydrogens (primary N) is 1. The van der Waals surface area contributed by atoms with Crippen molar-refractivity contribution in [2.24, 2.45) is 5.73 Å². The standard InChI is InChI=1S/C13H22N2O2/c1-10-3-4-13(17-10)9-15-6-5-12(16-2)7-11(15)8-14/h3-4,11-12H,5-9,14H2,1-2H3. The maximum atomic E-state index is 5.84. The van der Waals surface area contributed by atoms with Crippen LogP contribution in [0.2, 0.25) is 0 Å². The molecular formula is C13H22N2O2. The highest BCUT2D eigenvalue weighted by Crippen LogP contribution is 2.21. The molecule has 0 aromatic carbocycles. The molecule has 0 amide bonds. The fraction of sp³-hybridized carbons (Fsp3) is 0.692. The summed E-state index contributed by atoms with van der Waals surface area (Å²) >= 11 is 0. The second kappa shape index (κ2) is 5.67. The molecule has 1 aliphatic heterocycles. The third kappa shape index (κ3) is 3.09. The molecule has 0 spiro atoms. The Morgan fingerprint density at radius 1 is 1.53 bits per heavy atom. The van der Waals surface area contributed by atoms with E-state index in [9.17, 15) is 0 Å². The number of ether oxygens (including phenoxy) is 1. The van der Waals surface area contributed by atoms with E-state index in [4.69, 9.17) is 14.9 Å². The van der Waals surface area contributed by atoms with Crippen LogP contribution in [0.15, 0.2) is 16.5 Å². The van der Waals surface area contributed by atoms with E-state index in [1.807, 2.05) is 19.1 Å². The highest BCUT2D eigenvalue weighted by atomic mass is 16.5. The van der Waals surface area contributed by atoms with E-state index < -0.39 is 0 Å². The molecule has 0 radical (unpaired) electrons. The molecule has 2 unspecified atom stereocenters. The number of rotatable bonds is 4. The normalized spacial score (nSPS) is 26.3. The van der Waals surface area contributed by atoms with Gasteiger partial charge in [0.15, 0.2) is 0 Å². The second-order valence-electron chi connectivity index (χ2n) is 4.75. The van der Waals surface area contributed by atoms with Crippen molar-refractivity contribution in [1.29, 1.82) is 0 Å². The number of piperidine rings is 1. The van der Waals surface area contributed by atoms with Crippen LogP contribution >= 0.6 is 0 Å². The summed E-state index contributed by atoms with van der Waals surface area (Å²) in [6.07, 6.45) is 2.46. The Labute approximate surface area is 103 Å². The molecule has 1 fully saturated rings. The van der Waals surface area contributed by atoms with Crippen molar-refractivity contribution in [1.82, 2.24) is 4.90 Å². The molecule has 1 saturated heterocycles. The second-order valence-corrected chi connectivity index (χ2v) is 4.75. The van der Waals surface area contributed by atoms with Gasteiger partial charge in [0, 0.05) is 26.2 Å². The largest absolute Gasteiger partial charge is 0.465 e. The minimum absolute atomic E-state index is 0.359. The maximum Gasteiger partial charge on any atom is 0.118 e. The van der Waals surface area contributed by atoms with Crippen LogP contribution in [-0.2, 0) is 11.3 Å². The fourth-order valence-electron chi connectivity index (χ4n) is 2.50. The van der Waals surface area contributed by atoms with Gasteiger partial charge in [-0.1, -0.05) is 0 Å². The lowest BCUT2D eigenvalue weighted by molar-refractivity contribution is 0.00790. The molecule has 2 heterocycles. The molecule has 17 heavy (non-hydrogen) atoms. The zero-order valence-electron chi connectivity index (χ0n) is 10.7. The summed E-state index contributed by atoms with van der Waals surface area (Å²) in [7, 11) is 1.78. The van der Waals surface area contributed by atoms with Crippen LogP contribution in [0.3, 0.4) is 0 Å². The highest BCUT2D eigenvalue weighted by Gasteiger charge is 2.27. The van der Waals surface area contributed by atoms with Crippen LogP contribution in [0, 0.1) is 6.92 Å². The highest BCUT2D eigenvalue weighted by molar-refractivity contribution is 5.06. The average molecular weight is 238 g/mol. The molecule has 4 nitrogen and oxygen atoms in total. The predicted octanol–water partition coefficient (Wildman–Crippen LogP) is 1.53. The monoisotopic (exact) mass is 238 g/mol. The van der Waals surface area contributed by atoms with Gasteiger partial charge < -0.3 is 14.9 Å². The third-order valence-corrected chi connectivity index (χ3v) is 3.55. The van der Waals surface area contributed by atoms with Gasteiger partial charge in [0.25, 0.3) is 0 Å². The zero-order chi connectivity index (χ0) is 12.3. The first-order valence-corrected chi connectivity index (χ1v) is 6.25. The van der Waals surface area contributed by atoms with E-state index in [0.717, 1.165) is 37.5 Å². The van der Waals surface area contributed by atoms with Gasteiger partial charge in [-0.05, 0) is 31.9 Å². The quantitative estimate of drug-likeness (QED) is 0.864. The summed E-state index contributed by atoms with van der Waals surface area (Å²) in [4.78, 5) is 2.40. The topological polar surface area (TPSA) is 51.6 Å². The lowest BCUT2D eigenvalue weighted by Gasteiger charge is -2.37. The molecule has 2 atom stereocenters. The predicted molar refractivity (Wildman–Crippen MR) is 66.7 cm³/mol. The molecule has 1 aliphatic rings. The van der Waals surface area contributed by atoms with Gasteiger partial charge in [-0.25, -0.2) is 0 Å². The van der Waals surface area contributed by atoms with Crippen molar-refractivity contribution in [2.45, 2.75) is 38.5 Å². The van der Waals surface area contributed by atoms with Crippen LogP contribution in [0.25, 0.3) is 0 Å². The molecule has 0 saturated carbocycles. The minimum atomic E-state index is 0.359. The Hall–Kier alpha value is -0.840. The van der Waals surface area contributed by atoms with Crippen LogP contribution in [-0.4, -0.2) is 37.2 Å². The van der Waals surface area contributed by atoms with Gasteiger partial charge in [0.2, 0.25) is 0 Å². The number of furan rings is 1. The van der Waals surface area contributed by atoms with Gasteiger partial charge in [0.1, 0.15) is 11.5 Å². The van der Waals surface area contributed by atoms with Crippen molar-refractivity contribution in [2.75, 3.05) is 20.2 Å². The number of methoxy groups -OCH3 is 1. The average Bonchev–Trinajstić information content (AvgIpc) is 2.75. The van der Waals surface area contributed by atoms with E-state index in [1.54, 1.807) is 7.11 Å². The third-order valence-electron chi connectivity index (χ3n) is 3.55. The Morgan fingerprint density at radius 3 is 2.94 bits per heavy atom. The van der Waals surface area contributed by atoms with Gasteiger partial charge in [0.05, 0.1) is 12.6 Å². The van der Waals surface area contributed by atoms with E-state index >= 15 is 0 Å². The summed E-state index contributed by atoms with van der Waals surface area (Å²) in [6, 6.07) is 4.46. The minimum Gasteiger partial charge on any atom is -0.465 e. The van der Waals surface area contributed by atoms with Crippen molar-refractivity contribution >= 4 is 0 Å². The first kappa shape index (κ1) is 12.6. The Morgan fingerprint density at radius 2 is 2.35 bits per heavy atom. The molecule has 1 aromatic heterocycles. The maximum absolute atomic E-state index is 5.84. The summed E-state index contributed by atoms with van der Waals surface area (Å²) in [5.41, 5.74) is 5.84. The van der Waals surface area contributed by atoms with Gasteiger partial charge in [-0.3, -0.25) is 4.90 Å². The Kier molecular flexibility index (Phi) is 4.20. The number of likely N-dealkylation sites (tertiary alicyclic amines) is 1. The summed E-state index contributed by atoms with van der Waals surface area (Å²) in [6.45, 7) is 4.53. The Balaban J connectivity index is 1.95. The first-order valence-electron chi connectivity index (χ1n) is 6.25. The molecule has 2 N–H and O–H groups in total. The van der Waals surface area contributed by atoms with E-state index in [0.29, 0.717) is 18.7 Å². The number of hydrogen-bond acceptors (Lipinski definition) is 4. The smallest absolute Gasteiger partial charge is 0.118 e. The molecule has 4 heteroatoms. The number of aryl methyl sites for hydroxylation is 1. The van der Waals surface area contributed by atoms with E-state index in [-0.39, 0.29) is 0 Å². The van der Waals surface area contributed by atoms with Gasteiger partial charge in [-0.15, -0.1) is 0 Å². The van der Waals surface area contributed by atoms with Crippen LogP contribution < -0.4 is 5.73 Å². The SMILES string of the molecule is COC1CCN(Cc2ccc(C)o2)C(CN)C1. The number of hydrogen-bond donors (Lipinski definition) is 1. The molecular weight excluding hydrogens is 216 g/mol. The molecule has 96 valence electrons. The Bertz CT molecular complexity index is 351. The lowest BCUT2D eigenvalue weighted by atomic mass is 9.99. The molecule has 2 rings (SSSR count). The van der Waals surface area contributed by atoms with Crippen molar-refractivity contribution in [3.63, 3.8) is 0 Å². The van der Waals surface area contributed by atoms with Crippen molar-refractivity contribution in [3.05, 3.63) is 23.7 Å². The van der Waals surface area contributed by atoms with Crippen molar-refractivity contribution in [3.8, 4) is 0 Å². The van der Waals surface area contributed by atoms with E-state index in [1.165, 1.54) is 0 Å². The van der Waals surface area contributed by atoms with Gasteiger partial charge >= 0.3 is 0 Å². The summed E-state index contributed by atoms with van der Waals surface area (Å²) in [5, 5.41) is 0. The van der Waals surface area contributed by atoms with Crippen LogP contribution in [0.5, 0.6) is 0 Å². The summed E-state index contributed by atoms with van der Waals surface area (Å²) in [5.74, 6) is 1.99. The zero-order valence-corrected chi connectivity index (χ0v) is 10.7. The molecule has 0 aliphatic carbocycles. The molecule has 0 bridgehead atoms. The summed E-state index contributed by atoms with van der Waals surface area (Å²) < 4.78 is 11.0. The lowest BCUT2D eigenvalue weighted by Crippen LogP contribution is -2.47. The van der Waals surface area contributed by atoms with Gasteiger partial charge in [-0.2, -0.15) is 0 Å². The molecule has 1 aromatic rings. The van der Waals surface area contributed by atoms with E-state index in [2.05, 4.69) is 4.90 Å². The van der Waals surface area contributed by atoms with Crippen LogP contribution in [0.1, 0.15) is 24.4 Å². The fourth-order valence-corrected chi connectivity index (χ4v) is 2.50.